The number of hydrazone groups is 1. The number of hydrogen-bond donors (Lipinski definition) is 1. The summed E-state index contributed by atoms with van der Waals surface area (Å²) in [5.41, 5.74) is 3.53. The minimum Gasteiger partial charge on any atom is -0.306 e. The van der Waals surface area contributed by atoms with E-state index in [1.165, 1.54) is 5.01 Å². The van der Waals surface area contributed by atoms with Crippen molar-refractivity contribution >= 4 is 40.6 Å². The van der Waals surface area contributed by atoms with E-state index in [0.29, 0.717) is 16.6 Å². The number of rotatable bonds is 3. The molecule has 0 aromatic heterocycles. The molecule has 0 saturated heterocycles. The zero-order chi connectivity index (χ0) is 19.5. The Kier molecular flexibility index (Phi) is 5.33. The molecule has 4 rings (SSSR count). The number of halogens is 2. The van der Waals surface area contributed by atoms with Crippen LogP contribution in [0, 0.1) is 0 Å². The Hall–Kier alpha value is -2.82. The predicted octanol–water partition coefficient (Wildman–Crippen LogP) is 6.03. The Morgan fingerprint density at radius 1 is 0.893 bits per heavy atom. The Bertz CT molecular complexity index is 1000. The SMILES string of the molecule is O=C(Nc1ccccc1)N1CC(c2ccc(Cl)cc2)C(c2ccc(Cl)cc2)=N1. The summed E-state index contributed by atoms with van der Waals surface area (Å²) < 4.78 is 0. The summed E-state index contributed by atoms with van der Waals surface area (Å²) >= 11 is 12.1. The highest BCUT2D eigenvalue weighted by molar-refractivity contribution is 6.31. The van der Waals surface area contributed by atoms with E-state index in [1.807, 2.05) is 78.9 Å². The molecule has 6 heteroatoms. The average molecular weight is 410 g/mol. The smallest absolute Gasteiger partial charge is 0.306 e. The number of carbonyl (C=O) groups is 1. The summed E-state index contributed by atoms with van der Waals surface area (Å²) in [6.07, 6.45) is 0. The third-order valence-electron chi connectivity index (χ3n) is 4.59. The summed E-state index contributed by atoms with van der Waals surface area (Å²) in [6.45, 7) is 0.443. The number of anilines is 1. The highest BCUT2D eigenvalue weighted by Gasteiger charge is 2.32. The molecular weight excluding hydrogens is 393 g/mol. The lowest BCUT2D eigenvalue weighted by Gasteiger charge is -2.16. The van der Waals surface area contributed by atoms with Crippen molar-refractivity contribution < 1.29 is 4.79 Å². The van der Waals surface area contributed by atoms with Crippen molar-refractivity contribution in [3.8, 4) is 0 Å². The van der Waals surface area contributed by atoms with E-state index in [1.54, 1.807) is 0 Å². The van der Waals surface area contributed by atoms with Crippen LogP contribution in [0.15, 0.2) is 84.0 Å². The van der Waals surface area contributed by atoms with Crippen LogP contribution in [-0.2, 0) is 0 Å². The van der Waals surface area contributed by atoms with Gasteiger partial charge in [-0.3, -0.25) is 0 Å². The number of urea groups is 1. The van der Waals surface area contributed by atoms with Gasteiger partial charge in [0.25, 0.3) is 0 Å². The second kappa shape index (κ2) is 8.05. The first kappa shape index (κ1) is 18.5. The van der Waals surface area contributed by atoms with Crippen LogP contribution in [0.4, 0.5) is 10.5 Å². The van der Waals surface area contributed by atoms with Gasteiger partial charge < -0.3 is 5.32 Å². The molecule has 1 heterocycles. The Labute approximate surface area is 173 Å². The van der Waals surface area contributed by atoms with Crippen molar-refractivity contribution in [2.24, 2.45) is 5.10 Å². The topological polar surface area (TPSA) is 44.7 Å². The molecule has 1 atom stereocenters. The summed E-state index contributed by atoms with van der Waals surface area (Å²) in [4.78, 5) is 12.7. The van der Waals surface area contributed by atoms with Crippen LogP contribution < -0.4 is 5.32 Å². The van der Waals surface area contributed by atoms with Gasteiger partial charge in [0.05, 0.1) is 12.3 Å². The maximum absolute atomic E-state index is 12.7. The molecule has 28 heavy (non-hydrogen) atoms. The molecule has 1 aliphatic rings. The number of nitrogens with one attached hydrogen (secondary N) is 1. The minimum atomic E-state index is -0.269. The average Bonchev–Trinajstić information content (AvgIpc) is 3.15. The van der Waals surface area contributed by atoms with Gasteiger partial charge in [0.15, 0.2) is 0 Å². The molecule has 1 aliphatic heterocycles. The van der Waals surface area contributed by atoms with Gasteiger partial charge in [-0.2, -0.15) is 5.10 Å². The molecule has 0 saturated carbocycles. The van der Waals surface area contributed by atoms with E-state index in [-0.39, 0.29) is 11.9 Å². The highest BCUT2D eigenvalue weighted by atomic mass is 35.5. The van der Waals surface area contributed by atoms with E-state index >= 15 is 0 Å². The zero-order valence-electron chi connectivity index (χ0n) is 14.8. The van der Waals surface area contributed by atoms with Crippen molar-refractivity contribution in [2.75, 3.05) is 11.9 Å². The first-order valence-electron chi connectivity index (χ1n) is 8.83. The molecular formula is C22H17Cl2N3O. The van der Waals surface area contributed by atoms with Crippen LogP contribution in [0.5, 0.6) is 0 Å². The number of para-hydroxylation sites is 1. The number of hydrogen-bond acceptors (Lipinski definition) is 2. The molecule has 4 nitrogen and oxygen atoms in total. The van der Waals surface area contributed by atoms with Crippen LogP contribution >= 0.6 is 23.2 Å². The van der Waals surface area contributed by atoms with Crippen molar-refractivity contribution in [3.63, 3.8) is 0 Å². The van der Waals surface area contributed by atoms with Crippen molar-refractivity contribution in [2.45, 2.75) is 5.92 Å². The lowest BCUT2D eigenvalue weighted by Crippen LogP contribution is -2.30. The second-order valence-corrected chi connectivity index (χ2v) is 7.35. The lowest BCUT2D eigenvalue weighted by atomic mass is 9.91. The van der Waals surface area contributed by atoms with Crippen LogP contribution in [-0.4, -0.2) is 23.3 Å². The normalized spacial score (nSPS) is 16.0. The van der Waals surface area contributed by atoms with Gasteiger partial charge in [0, 0.05) is 21.7 Å². The first-order chi connectivity index (χ1) is 13.6. The molecule has 1 unspecified atom stereocenters. The third-order valence-corrected chi connectivity index (χ3v) is 5.09. The Morgan fingerprint density at radius 3 is 2.14 bits per heavy atom. The molecule has 140 valence electrons. The van der Waals surface area contributed by atoms with Crippen molar-refractivity contribution in [1.82, 2.24) is 5.01 Å². The molecule has 0 aliphatic carbocycles. The molecule has 0 bridgehead atoms. The predicted molar refractivity (Wildman–Crippen MR) is 114 cm³/mol. The monoisotopic (exact) mass is 409 g/mol. The van der Waals surface area contributed by atoms with Crippen molar-refractivity contribution in [1.29, 1.82) is 0 Å². The van der Waals surface area contributed by atoms with E-state index in [2.05, 4.69) is 10.4 Å². The van der Waals surface area contributed by atoms with Crippen molar-refractivity contribution in [3.05, 3.63) is 100 Å². The van der Waals surface area contributed by atoms with Crippen LogP contribution in [0.25, 0.3) is 0 Å². The number of amides is 2. The lowest BCUT2D eigenvalue weighted by molar-refractivity contribution is 0.218. The van der Waals surface area contributed by atoms with Gasteiger partial charge in [-0.15, -0.1) is 0 Å². The van der Waals surface area contributed by atoms with Gasteiger partial charge in [-0.1, -0.05) is 65.7 Å². The quantitative estimate of drug-likeness (QED) is 0.563. The maximum atomic E-state index is 12.7. The van der Waals surface area contributed by atoms with E-state index in [9.17, 15) is 4.79 Å². The van der Waals surface area contributed by atoms with Gasteiger partial charge in [0.2, 0.25) is 0 Å². The fourth-order valence-corrected chi connectivity index (χ4v) is 3.43. The highest BCUT2D eigenvalue weighted by Crippen LogP contribution is 2.30. The number of nitrogens with zero attached hydrogens (tertiary/aromatic N) is 2. The fraction of sp³-hybridized carbons (Fsp3) is 0.0909. The molecule has 3 aromatic carbocycles. The standard InChI is InChI=1S/C22H17Cl2N3O/c23-17-10-6-15(7-11-17)20-14-27(22(28)25-19-4-2-1-3-5-19)26-21(20)16-8-12-18(24)13-9-16/h1-13,20H,14H2,(H,25,28). The summed E-state index contributed by atoms with van der Waals surface area (Å²) in [6, 6.07) is 24.2. The molecule has 0 radical (unpaired) electrons. The van der Waals surface area contributed by atoms with E-state index < -0.39 is 0 Å². The van der Waals surface area contributed by atoms with Crippen LogP contribution in [0.3, 0.4) is 0 Å². The van der Waals surface area contributed by atoms with Gasteiger partial charge >= 0.3 is 6.03 Å². The molecule has 0 fully saturated rings. The maximum Gasteiger partial charge on any atom is 0.342 e. The minimum absolute atomic E-state index is 0.0556. The molecule has 2 amide bonds. The summed E-state index contributed by atoms with van der Waals surface area (Å²) in [7, 11) is 0. The molecule has 3 aromatic rings. The fourth-order valence-electron chi connectivity index (χ4n) is 3.18. The first-order valence-corrected chi connectivity index (χ1v) is 9.59. The zero-order valence-corrected chi connectivity index (χ0v) is 16.4. The van der Waals surface area contributed by atoms with Crippen LogP contribution in [0.2, 0.25) is 10.0 Å². The Morgan fingerprint density at radius 2 is 1.50 bits per heavy atom. The molecule has 0 spiro atoms. The van der Waals surface area contributed by atoms with Gasteiger partial charge in [-0.05, 0) is 47.5 Å². The van der Waals surface area contributed by atoms with Gasteiger partial charge in [0.1, 0.15) is 0 Å². The number of carbonyl (C=O) groups excluding carboxylic acids is 1. The largest absolute Gasteiger partial charge is 0.342 e. The van der Waals surface area contributed by atoms with Crippen LogP contribution in [0.1, 0.15) is 17.0 Å². The summed E-state index contributed by atoms with van der Waals surface area (Å²) in [5.74, 6) is -0.0556. The molecule has 1 N–H and O–H groups in total. The number of benzene rings is 3. The Balaban J connectivity index is 1.64. The van der Waals surface area contributed by atoms with E-state index in [4.69, 9.17) is 23.2 Å². The summed E-state index contributed by atoms with van der Waals surface area (Å²) in [5, 5.41) is 10.3. The third kappa shape index (κ3) is 4.03. The second-order valence-electron chi connectivity index (χ2n) is 6.47. The van der Waals surface area contributed by atoms with E-state index in [0.717, 1.165) is 22.5 Å². The van der Waals surface area contributed by atoms with Gasteiger partial charge in [-0.25, -0.2) is 9.80 Å².